The smallest absolute Gasteiger partial charge is 0.326 e. The molecule has 0 saturated carbocycles. The van der Waals surface area contributed by atoms with Crippen molar-refractivity contribution in [3.63, 3.8) is 0 Å². The molecule has 0 spiro atoms. The number of hydrogen-bond donors (Lipinski definition) is 0. The van der Waals surface area contributed by atoms with Crippen molar-refractivity contribution in [2.45, 2.75) is 51.3 Å². The standard InChI is InChI=1S/C25H29N3O6S2/c1-5-33-23(29)15-28-21-11-6-16(2)12-22(21)35-25(28)26-24(30)19-7-9-20(10-8-19)36(31,32)27-13-17(3)34-18(4)14-27/h6-12,17-18H,5,13-15H2,1-4H3. The Morgan fingerprint density at radius 1 is 1.11 bits per heavy atom. The number of thiazole rings is 1. The summed E-state index contributed by atoms with van der Waals surface area (Å²) >= 11 is 1.30. The highest BCUT2D eigenvalue weighted by Crippen LogP contribution is 2.22. The van der Waals surface area contributed by atoms with Gasteiger partial charge in [0.05, 0.1) is 33.9 Å². The minimum absolute atomic E-state index is 0.0728. The number of fused-ring (bicyclic) bond motifs is 1. The zero-order chi connectivity index (χ0) is 26.0. The second-order valence-electron chi connectivity index (χ2n) is 8.77. The molecule has 9 nitrogen and oxygen atoms in total. The lowest BCUT2D eigenvalue weighted by Gasteiger charge is -2.34. The first-order chi connectivity index (χ1) is 17.1. The molecule has 2 atom stereocenters. The number of amides is 1. The summed E-state index contributed by atoms with van der Waals surface area (Å²) in [6.07, 6.45) is -0.399. The number of rotatable bonds is 6. The van der Waals surface area contributed by atoms with Gasteiger partial charge in [-0.2, -0.15) is 9.30 Å². The molecule has 1 fully saturated rings. The number of morpholine rings is 1. The molecule has 192 valence electrons. The van der Waals surface area contributed by atoms with E-state index < -0.39 is 21.9 Å². The van der Waals surface area contributed by atoms with Crippen LogP contribution in [0.5, 0.6) is 0 Å². The fraction of sp³-hybridized carbons (Fsp3) is 0.400. The van der Waals surface area contributed by atoms with Crippen LogP contribution in [0.4, 0.5) is 0 Å². The Balaban J connectivity index is 1.64. The number of ether oxygens (including phenoxy) is 2. The number of hydrogen-bond acceptors (Lipinski definition) is 7. The Hall–Kier alpha value is -2.86. The fourth-order valence-corrected chi connectivity index (χ4v) is 6.87. The van der Waals surface area contributed by atoms with Gasteiger partial charge in [-0.3, -0.25) is 9.59 Å². The number of aryl methyl sites for hydroxylation is 1. The van der Waals surface area contributed by atoms with E-state index in [1.807, 2.05) is 39.0 Å². The van der Waals surface area contributed by atoms with E-state index in [-0.39, 0.29) is 48.9 Å². The average molecular weight is 532 g/mol. The highest BCUT2D eigenvalue weighted by Gasteiger charge is 2.32. The highest BCUT2D eigenvalue weighted by molar-refractivity contribution is 7.89. The predicted octanol–water partition coefficient (Wildman–Crippen LogP) is 3.11. The van der Waals surface area contributed by atoms with Crippen molar-refractivity contribution in [3.05, 3.63) is 58.4 Å². The molecule has 11 heteroatoms. The molecule has 2 heterocycles. The number of sulfonamides is 1. The van der Waals surface area contributed by atoms with Gasteiger partial charge >= 0.3 is 5.97 Å². The van der Waals surface area contributed by atoms with Gasteiger partial charge in [0.1, 0.15) is 6.54 Å². The van der Waals surface area contributed by atoms with Gasteiger partial charge in [0, 0.05) is 18.7 Å². The minimum Gasteiger partial charge on any atom is -0.465 e. The normalized spacial score (nSPS) is 19.5. The van der Waals surface area contributed by atoms with Crippen LogP contribution in [0.3, 0.4) is 0 Å². The monoisotopic (exact) mass is 531 g/mol. The van der Waals surface area contributed by atoms with Crippen LogP contribution in [0.15, 0.2) is 52.4 Å². The highest BCUT2D eigenvalue weighted by atomic mass is 32.2. The van der Waals surface area contributed by atoms with Gasteiger partial charge in [-0.05, 0) is 69.7 Å². The van der Waals surface area contributed by atoms with Gasteiger partial charge in [0.25, 0.3) is 5.91 Å². The molecule has 2 aromatic carbocycles. The Morgan fingerprint density at radius 3 is 2.42 bits per heavy atom. The average Bonchev–Trinajstić information content (AvgIpc) is 3.14. The molecular formula is C25H29N3O6S2. The van der Waals surface area contributed by atoms with Crippen LogP contribution in [0, 0.1) is 6.92 Å². The summed E-state index contributed by atoms with van der Waals surface area (Å²) in [5.41, 5.74) is 2.07. The van der Waals surface area contributed by atoms with Crippen LogP contribution in [0.25, 0.3) is 10.2 Å². The summed E-state index contributed by atoms with van der Waals surface area (Å²) in [4.78, 5) is 29.9. The lowest BCUT2D eigenvalue weighted by molar-refractivity contribution is -0.143. The van der Waals surface area contributed by atoms with Crippen LogP contribution >= 0.6 is 11.3 Å². The Kier molecular flexibility index (Phi) is 7.74. The van der Waals surface area contributed by atoms with E-state index in [2.05, 4.69) is 4.99 Å². The molecule has 1 saturated heterocycles. The molecule has 1 aliphatic rings. The fourth-order valence-electron chi connectivity index (χ4n) is 4.15. The van der Waals surface area contributed by atoms with E-state index in [1.165, 1.54) is 39.9 Å². The maximum Gasteiger partial charge on any atom is 0.326 e. The molecule has 0 bridgehead atoms. The molecular weight excluding hydrogens is 502 g/mol. The molecule has 1 aromatic heterocycles. The van der Waals surface area contributed by atoms with Crippen molar-refractivity contribution in [2.24, 2.45) is 4.99 Å². The van der Waals surface area contributed by atoms with Crippen LogP contribution < -0.4 is 4.80 Å². The molecule has 1 aliphatic heterocycles. The van der Waals surface area contributed by atoms with E-state index in [9.17, 15) is 18.0 Å². The Bertz CT molecular complexity index is 1450. The number of esters is 1. The molecule has 0 N–H and O–H groups in total. The summed E-state index contributed by atoms with van der Waals surface area (Å²) in [6, 6.07) is 11.5. The first kappa shape index (κ1) is 26.2. The van der Waals surface area contributed by atoms with Gasteiger partial charge in [-0.1, -0.05) is 17.4 Å². The van der Waals surface area contributed by atoms with E-state index in [0.717, 1.165) is 15.8 Å². The predicted molar refractivity (Wildman–Crippen MR) is 136 cm³/mol. The number of aromatic nitrogens is 1. The zero-order valence-corrected chi connectivity index (χ0v) is 22.3. The van der Waals surface area contributed by atoms with Crippen molar-refractivity contribution in [1.29, 1.82) is 0 Å². The molecule has 3 aromatic rings. The van der Waals surface area contributed by atoms with Crippen molar-refractivity contribution in [3.8, 4) is 0 Å². The molecule has 0 radical (unpaired) electrons. The van der Waals surface area contributed by atoms with E-state index >= 15 is 0 Å². The van der Waals surface area contributed by atoms with Crippen LogP contribution in [0.1, 0.15) is 36.7 Å². The number of benzene rings is 2. The molecule has 2 unspecified atom stereocenters. The van der Waals surface area contributed by atoms with Gasteiger partial charge < -0.3 is 14.0 Å². The summed E-state index contributed by atoms with van der Waals surface area (Å²) in [7, 11) is -3.72. The van der Waals surface area contributed by atoms with Crippen molar-refractivity contribution < 1.29 is 27.5 Å². The maximum absolute atomic E-state index is 13.1. The van der Waals surface area contributed by atoms with Gasteiger partial charge in [-0.15, -0.1) is 0 Å². The van der Waals surface area contributed by atoms with Crippen molar-refractivity contribution in [1.82, 2.24) is 8.87 Å². The minimum atomic E-state index is -3.72. The van der Waals surface area contributed by atoms with Gasteiger partial charge in [0.15, 0.2) is 4.80 Å². The largest absolute Gasteiger partial charge is 0.465 e. The third-order valence-corrected chi connectivity index (χ3v) is 8.64. The van der Waals surface area contributed by atoms with Crippen molar-refractivity contribution in [2.75, 3.05) is 19.7 Å². The third-order valence-electron chi connectivity index (χ3n) is 5.75. The number of carbonyl (C=O) groups excluding carboxylic acids is 2. The quantitative estimate of drug-likeness (QED) is 0.453. The van der Waals surface area contributed by atoms with E-state index in [4.69, 9.17) is 9.47 Å². The Labute approximate surface area is 214 Å². The lowest BCUT2D eigenvalue weighted by Crippen LogP contribution is -2.48. The Morgan fingerprint density at radius 2 is 1.78 bits per heavy atom. The third kappa shape index (κ3) is 5.59. The topological polar surface area (TPSA) is 107 Å². The maximum atomic E-state index is 13.1. The number of carbonyl (C=O) groups is 2. The summed E-state index contributed by atoms with van der Waals surface area (Å²) < 4.78 is 40.9. The van der Waals surface area contributed by atoms with Gasteiger partial charge in [0.2, 0.25) is 10.0 Å². The zero-order valence-electron chi connectivity index (χ0n) is 20.6. The second kappa shape index (κ2) is 10.6. The van der Waals surface area contributed by atoms with Crippen LogP contribution in [-0.4, -0.2) is 61.1 Å². The molecule has 0 aliphatic carbocycles. The summed E-state index contributed by atoms with van der Waals surface area (Å²) in [6.45, 7) is 8.10. The van der Waals surface area contributed by atoms with Gasteiger partial charge in [-0.25, -0.2) is 8.42 Å². The number of nitrogens with zero attached hydrogens (tertiary/aromatic N) is 3. The lowest BCUT2D eigenvalue weighted by atomic mass is 10.2. The molecule has 1 amide bonds. The molecule has 4 rings (SSSR count). The first-order valence-electron chi connectivity index (χ1n) is 11.7. The molecule has 36 heavy (non-hydrogen) atoms. The van der Waals surface area contributed by atoms with Crippen molar-refractivity contribution >= 4 is 43.5 Å². The van der Waals surface area contributed by atoms with Crippen LogP contribution in [-0.2, 0) is 30.8 Å². The summed E-state index contributed by atoms with van der Waals surface area (Å²) in [5, 5.41) is 0. The SMILES string of the molecule is CCOC(=O)Cn1c(=NC(=O)c2ccc(S(=O)(=O)N3CC(C)OC(C)C3)cc2)sc2cc(C)ccc21. The second-order valence-corrected chi connectivity index (χ2v) is 11.7. The first-order valence-corrected chi connectivity index (χ1v) is 13.9. The van der Waals surface area contributed by atoms with Crippen LogP contribution in [0.2, 0.25) is 0 Å². The van der Waals surface area contributed by atoms with E-state index in [1.54, 1.807) is 11.5 Å². The van der Waals surface area contributed by atoms with E-state index in [0.29, 0.717) is 4.80 Å². The summed E-state index contributed by atoms with van der Waals surface area (Å²) in [5.74, 6) is -0.957.